The van der Waals surface area contributed by atoms with Crippen LogP contribution in [-0.2, 0) is 9.53 Å². The number of rotatable bonds is 4. The third kappa shape index (κ3) is 3.38. The van der Waals surface area contributed by atoms with Crippen molar-refractivity contribution in [2.24, 2.45) is 0 Å². The Bertz CT molecular complexity index is 491. The van der Waals surface area contributed by atoms with Gasteiger partial charge in [0, 0.05) is 0 Å². The summed E-state index contributed by atoms with van der Waals surface area (Å²) in [6, 6.07) is 5.22. The van der Waals surface area contributed by atoms with Crippen LogP contribution in [0.3, 0.4) is 0 Å². The molecule has 0 saturated carbocycles. The third-order valence-electron chi connectivity index (χ3n) is 2.01. The Labute approximate surface area is 97.6 Å². The van der Waals surface area contributed by atoms with Gasteiger partial charge in [-0.2, -0.15) is 5.26 Å². The minimum Gasteiger partial charge on any atom is -0.466 e. The molecule has 0 saturated heterocycles. The van der Waals surface area contributed by atoms with Gasteiger partial charge in [-0.25, -0.2) is 4.39 Å². The number of carbonyl (C=O) groups is 2. The van der Waals surface area contributed by atoms with E-state index in [-0.39, 0.29) is 17.7 Å². The molecule has 0 bridgehead atoms. The molecule has 88 valence electrons. The normalized spacial score (nSPS) is 9.47. The second-order valence-corrected chi connectivity index (χ2v) is 3.21. The highest BCUT2D eigenvalue weighted by Crippen LogP contribution is 2.12. The molecule has 0 aromatic heterocycles. The SMILES string of the molecule is CCOC(=O)CC(=O)c1ccc(C#N)cc1F. The average Bonchev–Trinajstić information content (AvgIpc) is 2.28. The second-order valence-electron chi connectivity index (χ2n) is 3.21. The Hall–Kier alpha value is -2.22. The van der Waals surface area contributed by atoms with Crippen molar-refractivity contribution in [3.63, 3.8) is 0 Å². The van der Waals surface area contributed by atoms with Crippen LogP contribution in [0.1, 0.15) is 29.3 Å². The van der Waals surface area contributed by atoms with E-state index in [1.807, 2.05) is 0 Å². The van der Waals surface area contributed by atoms with Gasteiger partial charge >= 0.3 is 5.97 Å². The van der Waals surface area contributed by atoms with Crippen LogP contribution in [0.2, 0.25) is 0 Å². The zero-order valence-corrected chi connectivity index (χ0v) is 9.20. The molecule has 0 amide bonds. The number of carbonyl (C=O) groups excluding carboxylic acids is 2. The van der Waals surface area contributed by atoms with E-state index in [4.69, 9.17) is 5.26 Å². The highest BCUT2D eigenvalue weighted by Gasteiger charge is 2.16. The Balaban J connectivity index is 2.83. The van der Waals surface area contributed by atoms with E-state index in [0.29, 0.717) is 0 Å². The fraction of sp³-hybridized carbons (Fsp3) is 0.250. The van der Waals surface area contributed by atoms with Gasteiger partial charge in [0.25, 0.3) is 0 Å². The minimum atomic E-state index is -0.807. The molecule has 0 fully saturated rings. The van der Waals surface area contributed by atoms with Crippen LogP contribution in [0.25, 0.3) is 0 Å². The van der Waals surface area contributed by atoms with E-state index in [0.717, 1.165) is 6.07 Å². The topological polar surface area (TPSA) is 67.2 Å². The van der Waals surface area contributed by atoms with E-state index in [1.165, 1.54) is 12.1 Å². The summed E-state index contributed by atoms with van der Waals surface area (Å²) in [4.78, 5) is 22.6. The number of esters is 1. The number of ketones is 1. The monoisotopic (exact) mass is 235 g/mol. The van der Waals surface area contributed by atoms with Gasteiger partial charge in [0.1, 0.15) is 12.2 Å². The summed E-state index contributed by atoms with van der Waals surface area (Å²) < 4.78 is 18.0. The Kier molecular flexibility index (Phi) is 4.35. The number of benzene rings is 1. The molecule has 1 aromatic carbocycles. The van der Waals surface area contributed by atoms with E-state index < -0.39 is 24.0 Å². The van der Waals surface area contributed by atoms with Crippen molar-refractivity contribution in [1.82, 2.24) is 0 Å². The Morgan fingerprint density at radius 3 is 2.71 bits per heavy atom. The van der Waals surface area contributed by atoms with Crippen LogP contribution >= 0.6 is 0 Å². The fourth-order valence-corrected chi connectivity index (χ4v) is 1.25. The molecule has 0 atom stereocenters. The van der Waals surface area contributed by atoms with Crippen molar-refractivity contribution >= 4 is 11.8 Å². The molecular formula is C12H10FNO3. The summed E-state index contributed by atoms with van der Waals surface area (Å²) in [6.07, 6.45) is -0.503. The molecule has 0 aliphatic heterocycles. The largest absolute Gasteiger partial charge is 0.466 e. The maximum atomic E-state index is 13.4. The van der Waals surface area contributed by atoms with Crippen LogP contribution < -0.4 is 0 Å². The van der Waals surface area contributed by atoms with Crippen molar-refractivity contribution in [2.75, 3.05) is 6.61 Å². The maximum absolute atomic E-state index is 13.4. The lowest BCUT2D eigenvalue weighted by atomic mass is 10.1. The van der Waals surface area contributed by atoms with Crippen molar-refractivity contribution < 1.29 is 18.7 Å². The third-order valence-corrected chi connectivity index (χ3v) is 2.01. The number of halogens is 1. The predicted molar refractivity (Wildman–Crippen MR) is 56.7 cm³/mol. The van der Waals surface area contributed by atoms with Crippen LogP contribution in [0, 0.1) is 17.1 Å². The van der Waals surface area contributed by atoms with E-state index in [2.05, 4.69) is 4.74 Å². The number of hydrogen-bond acceptors (Lipinski definition) is 4. The summed E-state index contributed by atoms with van der Waals surface area (Å²) in [5.74, 6) is -2.16. The number of ether oxygens (including phenoxy) is 1. The summed E-state index contributed by atoms with van der Waals surface area (Å²) in [6.45, 7) is 1.78. The summed E-state index contributed by atoms with van der Waals surface area (Å²) in [5, 5.41) is 8.53. The van der Waals surface area contributed by atoms with Gasteiger partial charge in [-0.05, 0) is 25.1 Å². The van der Waals surface area contributed by atoms with Crippen molar-refractivity contribution in [1.29, 1.82) is 5.26 Å². The highest BCUT2D eigenvalue weighted by atomic mass is 19.1. The molecule has 1 rings (SSSR count). The van der Waals surface area contributed by atoms with Gasteiger partial charge < -0.3 is 4.74 Å². The van der Waals surface area contributed by atoms with Crippen molar-refractivity contribution in [3.05, 3.63) is 35.1 Å². The minimum absolute atomic E-state index is 0.121. The van der Waals surface area contributed by atoms with Crippen LogP contribution in [0.4, 0.5) is 4.39 Å². The molecule has 0 heterocycles. The Morgan fingerprint density at radius 2 is 2.18 bits per heavy atom. The first-order valence-corrected chi connectivity index (χ1v) is 4.97. The van der Waals surface area contributed by atoms with Gasteiger partial charge in [-0.15, -0.1) is 0 Å². The number of Topliss-reactive ketones (excluding diaryl/α,β-unsaturated/α-hetero) is 1. The first kappa shape index (κ1) is 12.8. The quantitative estimate of drug-likeness (QED) is 0.453. The fourth-order valence-electron chi connectivity index (χ4n) is 1.25. The molecule has 0 spiro atoms. The number of nitriles is 1. The molecule has 0 radical (unpaired) electrons. The second kappa shape index (κ2) is 5.75. The van der Waals surface area contributed by atoms with Gasteiger partial charge in [-0.1, -0.05) is 0 Å². The van der Waals surface area contributed by atoms with Gasteiger partial charge in [-0.3, -0.25) is 9.59 Å². The molecule has 5 heteroatoms. The molecule has 0 N–H and O–H groups in total. The number of hydrogen-bond donors (Lipinski definition) is 0. The zero-order chi connectivity index (χ0) is 12.8. The van der Waals surface area contributed by atoms with Crippen LogP contribution in [0.15, 0.2) is 18.2 Å². The zero-order valence-electron chi connectivity index (χ0n) is 9.20. The lowest BCUT2D eigenvalue weighted by Gasteiger charge is -2.03. The summed E-state index contributed by atoms with van der Waals surface area (Å²) in [5.41, 5.74) is -0.0905. The lowest BCUT2D eigenvalue weighted by Crippen LogP contribution is -2.12. The van der Waals surface area contributed by atoms with E-state index >= 15 is 0 Å². The smallest absolute Gasteiger partial charge is 0.313 e. The molecule has 1 aromatic rings. The molecule has 17 heavy (non-hydrogen) atoms. The molecule has 0 aliphatic carbocycles. The summed E-state index contributed by atoms with van der Waals surface area (Å²) in [7, 11) is 0. The van der Waals surface area contributed by atoms with Crippen LogP contribution in [0.5, 0.6) is 0 Å². The highest BCUT2D eigenvalue weighted by molar-refractivity contribution is 6.06. The first-order chi connectivity index (χ1) is 8.08. The standard InChI is InChI=1S/C12H10FNO3/c1-2-17-12(16)6-11(15)9-4-3-8(7-14)5-10(9)13/h3-5H,2,6H2,1H3. The molecule has 0 unspecified atom stereocenters. The molecule has 0 aliphatic rings. The molecular weight excluding hydrogens is 225 g/mol. The van der Waals surface area contributed by atoms with E-state index in [1.54, 1.807) is 13.0 Å². The van der Waals surface area contributed by atoms with E-state index in [9.17, 15) is 14.0 Å². The van der Waals surface area contributed by atoms with Crippen molar-refractivity contribution in [3.8, 4) is 6.07 Å². The lowest BCUT2D eigenvalue weighted by molar-refractivity contribution is -0.141. The van der Waals surface area contributed by atoms with Gasteiger partial charge in [0.2, 0.25) is 0 Å². The average molecular weight is 235 g/mol. The maximum Gasteiger partial charge on any atom is 0.313 e. The first-order valence-electron chi connectivity index (χ1n) is 4.97. The van der Waals surface area contributed by atoms with Gasteiger partial charge in [0.15, 0.2) is 5.78 Å². The van der Waals surface area contributed by atoms with Gasteiger partial charge in [0.05, 0.1) is 23.8 Å². The predicted octanol–water partition coefficient (Wildman–Crippen LogP) is 1.83. The molecule has 4 nitrogen and oxygen atoms in total. The summed E-state index contributed by atoms with van der Waals surface area (Å²) >= 11 is 0. The van der Waals surface area contributed by atoms with Crippen LogP contribution in [-0.4, -0.2) is 18.4 Å². The number of nitrogens with zero attached hydrogens (tertiary/aromatic N) is 1. The Morgan fingerprint density at radius 1 is 1.47 bits per heavy atom. The van der Waals surface area contributed by atoms with Crippen molar-refractivity contribution in [2.45, 2.75) is 13.3 Å².